The second-order valence-corrected chi connectivity index (χ2v) is 3.10. The van der Waals surface area contributed by atoms with Crippen LogP contribution in [-0.2, 0) is 11.3 Å². The number of aliphatic hydroxyl groups excluding tert-OH is 1. The summed E-state index contributed by atoms with van der Waals surface area (Å²) in [6.45, 7) is 1.52. The van der Waals surface area contributed by atoms with Gasteiger partial charge in [-0.1, -0.05) is 6.07 Å². The number of methoxy groups -OCH3 is 1. The number of anilines is 1. The molecule has 0 aliphatic carbocycles. The van der Waals surface area contributed by atoms with Gasteiger partial charge in [-0.05, 0) is 11.6 Å². The highest BCUT2D eigenvalue weighted by Gasteiger charge is 2.01. The van der Waals surface area contributed by atoms with E-state index in [9.17, 15) is 0 Å². The van der Waals surface area contributed by atoms with Crippen molar-refractivity contribution in [3.8, 4) is 0 Å². The molecule has 1 aromatic rings. The third-order valence-corrected chi connectivity index (χ3v) is 2.01. The summed E-state index contributed by atoms with van der Waals surface area (Å²) in [7, 11) is 3.64. The number of likely N-dealkylation sites (N-methyl/N-ethyl adjacent to an activating group) is 1. The smallest absolute Gasteiger partial charge is 0.128 e. The predicted molar refractivity (Wildman–Crippen MR) is 55.3 cm³/mol. The van der Waals surface area contributed by atoms with Crippen LogP contribution in [0, 0.1) is 0 Å². The lowest BCUT2D eigenvalue weighted by Crippen LogP contribution is -2.22. The number of aromatic nitrogens is 1. The maximum Gasteiger partial charge on any atom is 0.128 e. The topological polar surface area (TPSA) is 45.6 Å². The summed E-state index contributed by atoms with van der Waals surface area (Å²) in [5.41, 5.74) is 0.828. The normalized spacial score (nSPS) is 10.2. The molecule has 0 bridgehead atoms. The highest BCUT2D eigenvalue weighted by atomic mass is 16.5. The molecule has 0 saturated carbocycles. The van der Waals surface area contributed by atoms with Crippen LogP contribution in [0.1, 0.15) is 5.56 Å². The second-order valence-electron chi connectivity index (χ2n) is 3.10. The van der Waals surface area contributed by atoms with Crippen LogP contribution >= 0.6 is 0 Å². The summed E-state index contributed by atoms with van der Waals surface area (Å²) in [5, 5.41) is 8.83. The number of aliphatic hydroxyl groups is 1. The molecule has 1 rings (SSSR count). The highest BCUT2D eigenvalue weighted by Crippen LogP contribution is 2.08. The molecule has 0 amide bonds. The van der Waals surface area contributed by atoms with E-state index in [2.05, 4.69) is 4.98 Å². The van der Waals surface area contributed by atoms with E-state index in [0.717, 1.165) is 17.9 Å². The van der Waals surface area contributed by atoms with Crippen molar-refractivity contribution in [2.75, 3.05) is 32.2 Å². The van der Waals surface area contributed by atoms with Gasteiger partial charge >= 0.3 is 0 Å². The molecule has 1 aromatic heterocycles. The first-order valence-electron chi connectivity index (χ1n) is 4.53. The quantitative estimate of drug-likeness (QED) is 0.751. The fraction of sp³-hybridized carbons (Fsp3) is 0.500. The molecule has 0 aliphatic heterocycles. The van der Waals surface area contributed by atoms with Crippen molar-refractivity contribution >= 4 is 5.82 Å². The van der Waals surface area contributed by atoms with Gasteiger partial charge in [-0.15, -0.1) is 0 Å². The van der Waals surface area contributed by atoms with Gasteiger partial charge in [0.2, 0.25) is 0 Å². The van der Waals surface area contributed by atoms with Crippen molar-refractivity contribution in [2.24, 2.45) is 0 Å². The highest BCUT2D eigenvalue weighted by molar-refractivity contribution is 5.37. The van der Waals surface area contributed by atoms with E-state index in [4.69, 9.17) is 9.84 Å². The molecule has 14 heavy (non-hydrogen) atoms. The van der Waals surface area contributed by atoms with Crippen molar-refractivity contribution in [3.63, 3.8) is 0 Å². The Morgan fingerprint density at radius 2 is 2.29 bits per heavy atom. The Balaban J connectivity index is 2.57. The zero-order chi connectivity index (χ0) is 10.4. The Morgan fingerprint density at radius 1 is 1.50 bits per heavy atom. The van der Waals surface area contributed by atoms with Crippen molar-refractivity contribution in [1.29, 1.82) is 0 Å². The van der Waals surface area contributed by atoms with Gasteiger partial charge in [0.1, 0.15) is 5.82 Å². The number of ether oxygens (including phenoxy) is 1. The Bertz CT molecular complexity index is 261. The average Bonchev–Trinajstić information content (AvgIpc) is 2.26. The molecule has 78 valence electrons. The third kappa shape index (κ3) is 2.97. The minimum atomic E-state index is 0.0368. The lowest BCUT2D eigenvalue weighted by Gasteiger charge is -2.17. The largest absolute Gasteiger partial charge is 0.392 e. The number of hydrogen-bond acceptors (Lipinski definition) is 4. The maximum absolute atomic E-state index is 8.83. The van der Waals surface area contributed by atoms with Gasteiger partial charge in [0.15, 0.2) is 0 Å². The summed E-state index contributed by atoms with van der Waals surface area (Å²) in [6.07, 6.45) is 1.68. The van der Waals surface area contributed by atoms with Crippen molar-refractivity contribution in [1.82, 2.24) is 4.98 Å². The molecule has 0 aromatic carbocycles. The summed E-state index contributed by atoms with van der Waals surface area (Å²) < 4.78 is 4.97. The number of rotatable bonds is 5. The van der Waals surface area contributed by atoms with Crippen LogP contribution in [0.15, 0.2) is 18.3 Å². The van der Waals surface area contributed by atoms with Gasteiger partial charge in [-0.25, -0.2) is 4.98 Å². The summed E-state index contributed by atoms with van der Waals surface area (Å²) in [6, 6.07) is 3.76. The maximum atomic E-state index is 8.83. The Morgan fingerprint density at radius 3 is 2.79 bits per heavy atom. The van der Waals surface area contributed by atoms with Crippen LogP contribution < -0.4 is 4.90 Å². The fourth-order valence-electron chi connectivity index (χ4n) is 1.08. The van der Waals surface area contributed by atoms with Crippen LogP contribution in [0.4, 0.5) is 5.82 Å². The van der Waals surface area contributed by atoms with Crippen molar-refractivity contribution in [2.45, 2.75) is 6.61 Å². The summed E-state index contributed by atoms with van der Waals surface area (Å²) >= 11 is 0. The summed E-state index contributed by atoms with van der Waals surface area (Å²) in [5.74, 6) is 0.888. The van der Waals surface area contributed by atoms with Gasteiger partial charge in [-0.2, -0.15) is 0 Å². The van der Waals surface area contributed by atoms with Crippen molar-refractivity contribution < 1.29 is 9.84 Å². The molecule has 0 spiro atoms. The second kappa shape index (κ2) is 5.57. The van der Waals surface area contributed by atoms with E-state index >= 15 is 0 Å². The standard InChI is InChI=1S/C10H16N2O2/c1-12(5-6-14-2)10-4-3-9(8-13)7-11-10/h3-4,7,13H,5-6,8H2,1-2H3. The van der Waals surface area contributed by atoms with Gasteiger partial charge in [-0.3, -0.25) is 0 Å². The van der Waals surface area contributed by atoms with E-state index in [0.29, 0.717) is 6.61 Å². The molecule has 1 heterocycles. The fourth-order valence-corrected chi connectivity index (χ4v) is 1.08. The zero-order valence-corrected chi connectivity index (χ0v) is 8.60. The van der Waals surface area contributed by atoms with Crippen LogP contribution in [0.25, 0.3) is 0 Å². The molecule has 0 atom stereocenters. The molecule has 0 radical (unpaired) electrons. The lowest BCUT2D eigenvalue weighted by molar-refractivity contribution is 0.206. The Kier molecular flexibility index (Phi) is 4.35. The van der Waals surface area contributed by atoms with E-state index in [1.54, 1.807) is 13.3 Å². The van der Waals surface area contributed by atoms with E-state index < -0.39 is 0 Å². The first-order valence-corrected chi connectivity index (χ1v) is 4.53. The minimum Gasteiger partial charge on any atom is -0.392 e. The minimum absolute atomic E-state index is 0.0368. The monoisotopic (exact) mass is 196 g/mol. The van der Waals surface area contributed by atoms with Crippen LogP contribution in [0.5, 0.6) is 0 Å². The zero-order valence-electron chi connectivity index (χ0n) is 8.60. The predicted octanol–water partition coefficient (Wildman–Crippen LogP) is 0.657. The Hall–Kier alpha value is -1.13. The third-order valence-electron chi connectivity index (χ3n) is 2.01. The average molecular weight is 196 g/mol. The van der Waals surface area contributed by atoms with E-state index in [1.807, 2.05) is 24.1 Å². The molecule has 1 N–H and O–H groups in total. The SMILES string of the molecule is COCCN(C)c1ccc(CO)cn1. The van der Waals surface area contributed by atoms with Gasteiger partial charge in [0.25, 0.3) is 0 Å². The van der Waals surface area contributed by atoms with Crippen LogP contribution in [0.2, 0.25) is 0 Å². The van der Waals surface area contributed by atoms with Crippen molar-refractivity contribution in [3.05, 3.63) is 23.9 Å². The molecule has 4 nitrogen and oxygen atoms in total. The number of hydrogen-bond donors (Lipinski definition) is 1. The molecule has 0 fully saturated rings. The number of pyridine rings is 1. The van der Waals surface area contributed by atoms with E-state index in [1.165, 1.54) is 0 Å². The molecular formula is C10H16N2O2. The Labute approximate surface area is 84.1 Å². The van der Waals surface area contributed by atoms with Crippen LogP contribution in [-0.4, -0.2) is 37.4 Å². The van der Waals surface area contributed by atoms with E-state index in [-0.39, 0.29) is 6.61 Å². The molecular weight excluding hydrogens is 180 g/mol. The van der Waals surface area contributed by atoms with Gasteiger partial charge in [0.05, 0.1) is 13.2 Å². The summed E-state index contributed by atoms with van der Waals surface area (Å²) in [4.78, 5) is 6.22. The lowest BCUT2D eigenvalue weighted by atomic mass is 10.3. The molecule has 0 aliphatic rings. The molecule has 4 heteroatoms. The van der Waals surface area contributed by atoms with Gasteiger partial charge < -0.3 is 14.7 Å². The van der Waals surface area contributed by atoms with Gasteiger partial charge in [0, 0.05) is 26.9 Å². The first kappa shape index (κ1) is 10.9. The number of nitrogens with zero attached hydrogens (tertiary/aromatic N) is 2. The first-order chi connectivity index (χ1) is 6.77. The van der Waals surface area contributed by atoms with Crippen LogP contribution in [0.3, 0.4) is 0 Å². The molecule has 0 unspecified atom stereocenters. The molecule has 0 saturated heterocycles.